The Morgan fingerprint density at radius 1 is 1.32 bits per heavy atom. The van der Waals surface area contributed by atoms with Crippen LogP contribution < -0.4 is 15.4 Å². The molecular formula is C14H19BrN2O2. The zero-order valence-corrected chi connectivity index (χ0v) is 12.4. The van der Waals surface area contributed by atoms with E-state index in [1.54, 1.807) is 0 Å². The highest BCUT2D eigenvalue weighted by molar-refractivity contribution is 9.10. The normalized spacial score (nSPS) is 14.2. The van der Waals surface area contributed by atoms with Crippen molar-refractivity contribution in [3.05, 3.63) is 28.7 Å². The van der Waals surface area contributed by atoms with Crippen molar-refractivity contribution in [1.29, 1.82) is 0 Å². The Balaban J connectivity index is 1.50. The summed E-state index contributed by atoms with van der Waals surface area (Å²) < 4.78 is 6.53. The lowest BCUT2D eigenvalue weighted by atomic mass is 10.3. The Bertz CT molecular complexity index is 404. The third kappa shape index (κ3) is 6.07. The molecule has 4 nitrogen and oxygen atoms in total. The lowest BCUT2D eigenvalue weighted by Gasteiger charge is -2.08. The van der Waals surface area contributed by atoms with Gasteiger partial charge in [-0.05, 0) is 49.6 Å². The van der Waals surface area contributed by atoms with Gasteiger partial charge < -0.3 is 15.4 Å². The summed E-state index contributed by atoms with van der Waals surface area (Å²) in [6, 6.07) is 7.64. The maximum atomic E-state index is 11.5. The van der Waals surface area contributed by atoms with E-state index in [1.165, 1.54) is 12.8 Å². The van der Waals surface area contributed by atoms with E-state index in [0.717, 1.165) is 22.7 Å². The molecule has 1 aliphatic carbocycles. The first-order valence-electron chi connectivity index (χ1n) is 6.60. The van der Waals surface area contributed by atoms with E-state index in [4.69, 9.17) is 4.74 Å². The molecule has 2 N–H and O–H groups in total. The summed E-state index contributed by atoms with van der Waals surface area (Å²) in [5.74, 6) is 1.64. The zero-order valence-electron chi connectivity index (χ0n) is 10.8. The predicted octanol–water partition coefficient (Wildman–Crippen LogP) is 1.94. The first-order chi connectivity index (χ1) is 9.24. The van der Waals surface area contributed by atoms with Gasteiger partial charge in [0.15, 0.2) is 0 Å². The maximum Gasteiger partial charge on any atom is 0.234 e. The van der Waals surface area contributed by atoms with Crippen LogP contribution in [0.3, 0.4) is 0 Å². The van der Waals surface area contributed by atoms with E-state index in [9.17, 15) is 4.79 Å². The molecule has 1 saturated carbocycles. The molecule has 5 heteroatoms. The minimum absolute atomic E-state index is 0.0278. The molecule has 0 spiro atoms. The van der Waals surface area contributed by atoms with Crippen molar-refractivity contribution in [2.75, 3.05) is 26.2 Å². The van der Waals surface area contributed by atoms with Crippen molar-refractivity contribution < 1.29 is 9.53 Å². The number of amides is 1. The fourth-order valence-electron chi connectivity index (χ4n) is 1.66. The van der Waals surface area contributed by atoms with Gasteiger partial charge in [-0.2, -0.15) is 0 Å². The topological polar surface area (TPSA) is 50.4 Å². The molecule has 104 valence electrons. The van der Waals surface area contributed by atoms with Crippen molar-refractivity contribution >= 4 is 21.8 Å². The number of nitrogens with one attached hydrogen (secondary N) is 2. The van der Waals surface area contributed by atoms with Gasteiger partial charge in [-0.3, -0.25) is 4.79 Å². The lowest BCUT2D eigenvalue weighted by molar-refractivity contribution is -0.120. The van der Waals surface area contributed by atoms with E-state index in [2.05, 4.69) is 26.6 Å². The molecule has 1 aliphatic rings. The van der Waals surface area contributed by atoms with Crippen molar-refractivity contribution in [2.24, 2.45) is 5.92 Å². The van der Waals surface area contributed by atoms with Crippen LogP contribution in [0.1, 0.15) is 12.8 Å². The Morgan fingerprint density at radius 3 is 2.74 bits per heavy atom. The number of ether oxygens (including phenoxy) is 1. The zero-order chi connectivity index (χ0) is 13.5. The van der Waals surface area contributed by atoms with E-state index < -0.39 is 0 Å². The molecule has 0 saturated heterocycles. The fraction of sp³-hybridized carbons (Fsp3) is 0.500. The lowest BCUT2D eigenvalue weighted by Crippen LogP contribution is -2.36. The molecule has 1 amide bonds. The van der Waals surface area contributed by atoms with E-state index in [0.29, 0.717) is 19.7 Å². The molecule has 19 heavy (non-hydrogen) atoms. The van der Waals surface area contributed by atoms with Gasteiger partial charge in [-0.1, -0.05) is 15.9 Å². The number of carbonyl (C=O) groups excluding carboxylic acids is 1. The van der Waals surface area contributed by atoms with Crippen LogP contribution in [0.5, 0.6) is 5.75 Å². The largest absolute Gasteiger partial charge is 0.492 e. The summed E-state index contributed by atoms with van der Waals surface area (Å²) >= 11 is 3.37. The molecule has 0 bridgehead atoms. The minimum atomic E-state index is 0.0278. The molecule has 0 aromatic heterocycles. The summed E-state index contributed by atoms with van der Waals surface area (Å²) in [6.07, 6.45) is 2.60. The van der Waals surface area contributed by atoms with Crippen molar-refractivity contribution in [3.8, 4) is 5.75 Å². The van der Waals surface area contributed by atoms with Crippen LogP contribution in [-0.4, -0.2) is 32.1 Å². The second-order valence-corrected chi connectivity index (χ2v) is 5.64. The Kier molecular flexibility index (Phi) is 5.66. The van der Waals surface area contributed by atoms with Gasteiger partial charge in [0.25, 0.3) is 0 Å². The highest BCUT2D eigenvalue weighted by Gasteiger charge is 2.20. The summed E-state index contributed by atoms with van der Waals surface area (Å²) in [5, 5.41) is 5.98. The van der Waals surface area contributed by atoms with Crippen LogP contribution >= 0.6 is 15.9 Å². The van der Waals surface area contributed by atoms with E-state index >= 15 is 0 Å². The SMILES string of the molecule is O=C(CNCC1CC1)NCCOc1ccc(Br)cc1. The average Bonchev–Trinajstić information content (AvgIpc) is 3.21. The van der Waals surface area contributed by atoms with Crippen LogP contribution in [0, 0.1) is 5.92 Å². The number of rotatable bonds is 8. The molecular weight excluding hydrogens is 308 g/mol. The summed E-state index contributed by atoms with van der Waals surface area (Å²) in [4.78, 5) is 11.5. The van der Waals surface area contributed by atoms with Crippen molar-refractivity contribution in [2.45, 2.75) is 12.8 Å². The molecule has 1 aromatic rings. The van der Waals surface area contributed by atoms with Crippen LogP contribution in [0.15, 0.2) is 28.7 Å². The average molecular weight is 327 g/mol. The third-order valence-corrected chi connectivity index (χ3v) is 3.45. The van der Waals surface area contributed by atoms with E-state index in [-0.39, 0.29) is 5.91 Å². The summed E-state index contributed by atoms with van der Waals surface area (Å²) in [6.45, 7) is 2.37. The summed E-state index contributed by atoms with van der Waals surface area (Å²) in [7, 11) is 0. The molecule has 1 aromatic carbocycles. The number of benzene rings is 1. The minimum Gasteiger partial charge on any atom is -0.492 e. The maximum absolute atomic E-state index is 11.5. The van der Waals surface area contributed by atoms with Gasteiger partial charge >= 0.3 is 0 Å². The number of halogens is 1. The third-order valence-electron chi connectivity index (χ3n) is 2.92. The van der Waals surface area contributed by atoms with Crippen molar-refractivity contribution in [3.63, 3.8) is 0 Å². The van der Waals surface area contributed by atoms with Crippen LogP contribution in [0.4, 0.5) is 0 Å². The van der Waals surface area contributed by atoms with Gasteiger partial charge in [-0.15, -0.1) is 0 Å². The summed E-state index contributed by atoms with van der Waals surface area (Å²) in [5.41, 5.74) is 0. The Labute approximate surface area is 122 Å². The molecule has 2 rings (SSSR count). The fourth-order valence-corrected chi connectivity index (χ4v) is 1.93. The first-order valence-corrected chi connectivity index (χ1v) is 7.39. The van der Waals surface area contributed by atoms with Gasteiger partial charge in [-0.25, -0.2) is 0 Å². The second-order valence-electron chi connectivity index (χ2n) is 4.73. The monoisotopic (exact) mass is 326 g/mol. The molecule has 0 atom stereocenters. The van der Waals surface area contributed by atoms with E-state index in [1.807, 2.05) is 24.3 Å². The first kappa shape index (κ1) is 14.3. The van der Waals surface area contributed by atoms with Gasteiger partial charge in [0, 0.05) is 4.47 Å². The quantitative estimate of drug-likeness (QED) is 0.718. The smallest absolute Gasteiger partial charge is 0.234 e. The molecule has 0 radical (unpaired) electrons. The standard InChI is InChI=1S/C14H19BrN2O2/c15-12-3-5-13(6-4-12)19-8-7-17-14(18)10-16-9-11-1-2-11/h3-6,11,16H,1-2,7-10H2,(H,17,18). The van der Waals surface area contributed by atoms with Gasteiger partial charge in [0.05, 0.1) is 13.1 Å². The molecule has 1 fully saturated rings. The number of carbonyl (C=O) groups is 1. The van der Waals surface area contributed by atoms with Crippen LogP contribution in [0.25, 0.3) is 0 Å². The Hall–Kier alpha value is -1.07. The van der Waals surface area contributed by atoms with Crippen LogP contribution in [-0.2, 0) is 4.79 Å². The number of hydrogen-bond donors (Lipinski definition) is 2. The number of hydrogen-bond acceptors (Lipinski definition) is 3. The van der Waals surface area contributed by atoms with Gasteiger partial charge in [0.2, 0.25) is 5.91 Å². The second kappa shape index (κ2) is 7.50. The molecule has 0 aliphatic heterocycles. The predicted molar refractivity (Wildman–Crippen MR) is 78.2 cm³/mol. The van der Waals surface area contributed by atoms with Crippen molar-refractivity contribution in [1.82, 2.24) is 10.6 Å². The highest BCUT2D eigenvalue weighted by atomic mass is 79.9. The van der Waals surface area contributed by atoms with Gasteiger partial charge in [0.1, 0.15) is 12.4 Å². The Morgan fingerprint density at radius 2 is 2.05 bits per heavy atom. The molecule has 0 unspecified atom stereocenters. The highest BCUT2D eigenvalue weighted by Crippen LogP contribution is 2.27. The van der Waals surface area contributed by atoms with Crippen LogP contribution in [0.2, 0.25) is 0 Å². The molecule has 0 heterocycles.